The van der Waals surface area contributed by atoms with Crippen LogP contribution in [0.15, 0.2) is 0 Å². The molecule has 0 heterocycles. The molecule has 72 valence electrons. The van der Waals surface area contributed by atoms with Crippen molar-refractivity contribution in [2.24, 2.45) is 5.92 Å². The second-order valence-corrected chi connectivity index (χ2v) is 3.80. The Labute approximate surface area is 75.7 Å². The van der Waals surface area contributed by atoms with Gasteiger partial charge in [0.2, 0.25) is 0 Å². The molecule has 0 fully saturated rings. The SMILES string of the molecule is CC[C@H](C)C(NC(C)C)C(C)=O. The lowest BCUT2D eigenvalue weighted by Crippen LogP contribution is -2.44. The van der Waals surface area contributed by atoms with Crippen molar-refractivity contribution in [3.8, 4) is 0 Å². The van der Waals surface area contributed by atoms with E-state index in [0.29, 0.717) is 12.0 Å². The molecule has 0 aromatic carbocycles. The summed E-state index contributed by atoms with van der Waals surface area (Å²) in [7, 11) is 0. The Balaban J connectivity index is 4.13. The van der Waals surface area contributed by atoms with Crippen LogP contribution in [-0.2, 0) is 4.79 Å². The Hall–Kier alpha value is -0.370. The summed E-state index contributed by atoms with van der Waals surface area (Å²) in [5, 5.41) is 3.28. The van der Waals surface area contributed by atoms with Gasteiger partial charge in [0, 0.05) is 6.04 Å². The monoisotopic (exact) mass is 171 g/mol. The van der Waals surface area contributed by atoms with Crippen LogP contribution in [-0.4, -0.2) is 17.9 Å². The van der Waals surface area contributed by atoms with E-state index < -0.39 is 0 Å². The van der Waals surface area contributed by atoms with Crippen LogP contribution in [0.4, 0.5) is 0 Å². The average Bonchev–Trinajstić information content (AvgIpc) is 1.98. The summed E-state index contributed by atoms with van der Waals surface area (Å²) in [5.41, 5.74) is 0. The molecule has 0 aromatic heterocycles. The van der Waals surface area contributed by atoms with Crippen LogP contribution in [0.5, 0.6) is 0 Å². The lowest BCUT2D eigenvalue weighted by atomic mass is 9.95. The van der Waals surface area contributed by atoms with Crippen molar-refractivity contribution >= 4 is 5.78 Å². The maximum atomic E-state index is 11.2. The van der Waals surface area contributed by atoms with Crippen molar-refractivity contribution in [1.29, 1.82) is 0 Å². The van der Waals surface area contributed by atoms with Gasteiger partial charge in [0.15, 0.2) is 0 Å². The van der Waals surface area contributed by atoms with Crippen LogP contribution < -0.4 is 5.32 Å². The molecule has 12 heavy (non-hydrogen) atoms. The van der Waals surface area contributed by atoms with Gasteiger partial charge in [0.1, 0.15) is 5.78 Å². The Morgan fingerprint density at radius 3 is 2.08 bits per heavy atom. The topological polar surface area (TPSA) is 29.1 Å². The fourth-order valence-corrected chi connectivity index (χ4v) is 1.28. The molecule has 0 saturated heterocycles. The summed E-state index contributed by atoms with van der Waals surface area (Å²) in [6.07, 6.45) is 1.05. The van der Waals surface area contributed by atoms with Crippen LogP contribution in [0.25, 0.3) is 0 Å². The number of carbonyl (C=O) groups is 1. The highest BCUT2D eigenvalue weighted by molar-refractivity contribution is 5.81. The summed E-state index contributed by atoms with van der Waals surface area (Å²) in [5.74, 6) is 0.683. The van der Waals surface area contributed by atoms with Crippen LogP contribution in [0.3, 0.4) is 0 Å². The van der Waals surface area contributed by atoms with Gasteiger partial charge >= 0.3 is 0 Å². The van der Waals surface area contributed by atoms with Crippen molar-refractivity contribution in [3.63, 3.8) is 0 Å². The summed E-state index contributed by atoms with van der Waals surface area (Å²) >= 11 is 0. The van der Waals surface area contributed by atoms with Crippen molar-refractivity contribution in [3.05, 3.63) is 0 Å². The van der Waals surface area contributed by atoms with Gasteiger partial charge in [-0.1, -0.05) is 34.1 Å². The first-order chi connectivity index (χ1) is 5.49. The molecule has 0 radical (unpaired) electrons. The van der Waals surface area contributed by atoms with E-state index in [1.54, 1.807) is 6.92 Å². The van der Waals surface area contributed by atoms with Crippen molar-refractivity contribution < 1.29 is 4.79 Å². The summed E-state index contributed by atoms with van der Waals surface area (Å²) in [6.45, 7) is 10.0. The number of hydrogen-bond acceptors (Lipinski definition) is 2. The minimum Gasteiger partial charge on any atom is -0.305 e. The average molecular weight is 171 g/mol. The molecule has 0 spiro atoms. The third-order valence-corrected chi connectivity index (χ3v) is 2.16. The first kappa shape index (κ1) is 11.6. The molecule has 0 bridgehead atoms. The molecular weight excluding hydrogens is 150 g/mol. The predicted octanol–water partition coefficient (Wildman–Crippen LogP) is 1.99. The van der Waals surface area contributed by atoms with Gasteiger partial charge in [-0.2, -0.15) is 0 Å². The third-order valence-electron chi connectivity index (χ3n) is 2.16. The number of ketones is 1. The number of Topliss-reactive ketones (excluding diaryl/α,β-unsaturated/α-hetero) is 1. The van der Waals surface area contributed by atoms with Gasteiger partial charge in [0.05, 0.1) is 6.04 Å². The van der Waals surface area contributed by atoms with E-state index in [1.807, 2.05) is 0 Å². The largest absolute Gasteiger partial charge is 0.305 e. The van der Waals surface area contributed by atoms with Gasteiger partial charge < -0.3 is 5.32 Å². The summed E-state index contributed by atoms with van der Waals surface area (Å²) in [6, 6.07) is 0.419. The maximum absolute atomic E-state index is 11.2. The Kier molecular flexibility index (Phi) is 5.14. The van der Waals surface area contributed by atoms with Gasteiger partial charge in [0.25, 0.3) is 0 Å². The number of rotatable bonds is 5. The van der Waals surface area contributed by atoms with Crippen molar-refractivity contribution in [2.75, 3.05) is 0 Å². The van der Waals surface area contributed by atoms with E-state index in [1.165, 1.54) is 0 Å². The number of nitrogens with one attached hydrogen (secondary N) is 1. The second-order valence-electron chi connectivity index (χ2n) is 3.80. The molecule has 0 aliphatic heterocycles. The van der Waals surface area contributed by atoms with Crippen molar-refractivity contribution in [1.82, 2.24) is 5.32 Å². The predicted molar refractivity (Wildman–Crippen MR) is 52.2 cm³/mol. The van der Waals surface area contributed by atoms with E-state index in [9.17, 15) is 4.79 Å². The normalized spacial score (nSPS) is 16.2. The minimum absolute atomic E-state index is 0.0370. The van der Waals surface area contributed by atoms with Gasteiger partial charge in [-0.15, -0.1) is 0 Å². The highest BCUT2D eigenvalue weighted by Crippen LogP contribution is 2.09. The van der Waals surface area contributed by atoms with Crippen LogP contribution in [0.1, 0.15) is 41.0 Å². The highest BCUT2D eigenvalue weighted by atomic mass is 16.1. The lowest BCUT2D eigenvalue weighted by Gasteiger charge is -2.23. The van der Waals surface area contributed by atoms with E-state index in [2.05, 4.69) is 33.0 Å². The molecule has 0 aliphatic carbocycles. The number of carbonyl (C=O) groups excluding carboxylic acids is 1. The van der Waals surface area contributed by atoms with E-state index in [-0.39, 0.29) is 11.8 Å². The smallest absolute Gasteiger partial charge is 0.146 e. The zero-order valence-electron chi connectivity index (χ0n) is 8.85. The fourth-order valence-electron chi connectivity index (χ4n) is 1.28. The molecule has 0 saturated carbocycles. The maximum Gasteiger partial charge on any atom is 0.146 e. The van der Waals surface area contributed by atoms with Crippen LogP contribution in [0.2, 0.25) is 0 Å². The molecule has 2 nitrogen and oxygen atoms in total. The number of hydrogen-bond donors (Lipinski definition) is 1. The minimum atomic E-state index is 0.0370. The van der Waals surface area contributed by atoms with Gasteiger partial charge in [-0.25, -0.2) is 0 Å². The quantitative estimate of drug-likeness (QED) is 0.685. The third kappa shape index (κ3) is 3.86. The molecule has 2 atom stereocenters. The molecule has 0 aliphatic rings. The molecule has 1 N–H and O–H groups in total. The zero-order valence-corrected chi connectivity index (χ0v) is 8.85. The van der Waals surface area contributed by atoms with Gasteiger partial charge in [-0.05, 0) is 12.8 Å². The highest BCUT2D eigenvalue weighted by Gasteiger charge is 2.20. The molecule has 0 rings (SSSR count). The van der Waals surface area contributed by atoms with Crippen LogP contribution in [0, 0.1) is 5.92 Å². The molecule has 2 heteroatoms. The second kappa shape index (κ2) is 5.31. The standard InChI is InChI=1S/C10H21NO/c1-6-8(4)10(9(5)12)11-7(2)3/h7-8,10-11H,6H2,1-5H3/t8-,10?/m0/s1. The van der Waals surface area contributed by atoms with E-state index in [0.717, 1.165) is 6.42 Å². The molecule has 0 amide bonds. The van der Waals surface area contributed by atoms with E-state index >= 15 is 0 Å². The van der Waals surface area contributed by atoms with Crippen molar-refractivity contribution in [2.45, 2.75) is 53.1 Å². The Bertz CT molecular complexity index is 143. The van der Waals surface area contributed by atoms with E-state index in [4.69, 9.17) is 0 Å². The molecular formula is C10H21NO. The summed E-state index contributed by atoms with van der Waals surface area (Å²) in [4.78, 5) is 11.2. The fraction of sp³-hybridized carbons (Fsp3) is 0.900. The van der Waals surface area contributed by atoms with Gasteiger partial charge in [-0.3, -0.25) is 4.79 Å². The molecule has 1 unspecified atom stereocenters. The lowest BCUT2D eigenvalue weighted by molar-refractivity contribution is -0.120. The first-order valence-electron chi connectivity index (χ1n) is 4.75. The first-order valence-corrected chi connectivity index (χ1v) is 4.75. The van der Waals surface area contributed by atoms with Crippen LogP contribution >= 0.6 is 0 Å². The Morgan fingerprint density at radius 1 is 1.33 bits per heavy atom. The Morgan fingerprint density at radius 2 is 1.83 bits per heavy atom. The summed E-state index contributed by atoms with van der Waals surface area (Å²) < 4.78 is 0. The zero-order chi connectivity index (χ0) is 9.72. The molecule has 0 aromatic rings.